The molecule has 0 spiro atoms. The van der Waals surface area contributed by atoms with Gasteiger partial charge in [-0.05, 0) is 25.7 Å². The van der Waals surface area contributed by atoms with Gasteiger partial charge in [0.2, 0.25) is 6.29 Å². The van der Waals surface area contributed by atoms with E-state index < -0.39 is 24.0 Å². The number of hydrogen-bond donors (Lipinski definition) is 1. The minimum Gasteiger partial charge on any atom is -0.457 e. The smallest absolute Gasteiger partial charge is 0.410 e. The van der Waals surface area contributed by atoms with E-state index in [0.717, 1.165) is 19.3 Å². The van der Waals surface area contributed by atoms with Crippen molar-refractivity contribution in [3.63, 3.8) is 0 Å². The van der Waals surface area contributed by atoms with Crippen LogP contribution in [0.4, 0.5) is 4.79 Å². The summed E-state index contributed by atoms with van der Waals surface area (Å²) >= 11 is 0. The first-order chi connectivity index (χ1) is 10.4. The molecule has 1 aliphatic rings. The second-order valence-electron chi connectivity index (χ2n) is 5.54. The van der Waals surface area contributed by atoms with Crippen molar-refractivity contribution in [2.45, 2.75) is 71.2 Å². The minimum atomic E-state index is -0.909. The zero-order chi connectivity index (χ0) is 16.6. The van der Waals surface area contributed by atoms with Gasteiger partial charge in [0.15, 0.2) is 0 Å². The Morgan fingerprint density at radius 3 is 2.18 bits per heavy atom. The number of rotatable bonds is 6. The summed E-state index contributed by atoms with van der Waals surface area (Å²) in [5.41, 5.74) is -0.660. The monoisotopic (exact) mass is 315 g/mol. The molecule has 0 heterocycles. The molecule has 1 amide bonds. The van der Waals surface area contributed by atoms with Crippen molar-refractivity contribution < 1.29 is 28.6 Å². The zero-order valence-corrected chi connectivity index (χ0v) is 13.5. The highest BCUT2D eigenvalue weighted by molar-refractivity contribution is 5.69. The van der Waals surface area contributed by atoms with Gasteiger partial charge in [0.1, 0.15) is 5.60 Å². The number of esters is 2. The Morgan fingerprint density at radius 1 is 1.05 bits per heavy atom. The third-order valence-corrected chi connectivity index (χ3v) is 3.55. The molecule has 0 saturated heterocycles. The first kappa shape index (κ1) is 18.3. The number of carbonyl (C=O) groups is 3. The Hall–Kier alpha value is -1.79. The molecular formula is C15H25NO6. The maximum atomic E-state index is 11.8. The summed E-state index contributed by atoms with van der Waals surface area (Å²) < 4.78 is 15.3. The van der Waals surface area contributed by atoms with Crippen molar-refractivity contribution in [1.29, 1.82) is 0 Å². The minimum absolute atomic E-state index is 0.196. The quantitative estimate of drug-likeness (QED) is 0.597. The van der Waals surface area contributed by atoms with E-state index in [4.69, 9.17) is 14.2 Å². The van der Waals surface area contributed by atoms with Gasteiger partial charge in [-0.25, -0.2) is 4.79 Å². The van der Waals surface area contributed by atoms with Gasteiger partial charge in [-0.2, -0.15) is 0 Å². The van der Waals surface area contributed by atoms with E-state index in [0.29, 0.717) is 19.3 Å². The third-order valence-electron chi connectivity index (χ3n) is 3.55. The molecule has 1 unspecified atom stereocenters. The van der Waals surface area contributed by atoms with Crippen LogP contribution in [0.25, 0.3) is 0 Å². The average Bonchev–Trinajstić information content (AvgIpc) is 2.44. The highest BCUT2D eigenvalue weighted by Crippen LogP contribution is 2.31. The van der Waals surface area contributed by atoms with Crippen LogP contribution < -0.4 is 5.32 Å². The van der Waals surface area contributed by atoms with Crippen LogP contribution in [0.5, 0.6) is 0 Å². The lowest BCUT2D eigenvalue weighted by atomic mass is 9.84. The molecular weight excluding hydrogens is 290 g/mol. The van der Waals surface area contributed by atoms with Crippen LogP contribution in [0, 0.1) is 0 Å². The Balaban J connectivity index is 2.51. The second-order valence-corrected chi connectivity index (χ2v) is 5.54. The molecule has 0 bridgehead atoms. The molecule has 0 aromatic heterocycles. The van der Waals surface area contributed by atoms with Crippen molar-refractivity contribution in [2.24, 2.45) is 0 Å². The van der Waals surface area contributed by atoms with E-state index in [2.05, 4.69) is 5.32 Å². The Bertz CT molecular complexity index is 403. The molecule has 1 rings (SSSR count). The predicted octanol–water partition coefficient (Wildman–Crippen LogP) is 2.28. The lowest BCUT2D eigenvalue weighted by molar-refractivity contribution is -0.167. The molecule has 7 heteroatoms. The van der Waals surface area contributed by atoms with Gasteiger partial charge in [0, 0.05) is 20.3 Å². The summed E-state index contributed by atoms with van der Waals surface area (Å²) in [5.74, 6) is -0.869. The summed E-state index contributed by atoms with van der Waals surface area (Å²) in [4.78, 5) is 34.0. The Kier molecular flexibility index (Phi) is 7.14. The highest BCUT2D eigenvalue weighted by Gasteiger charge is 2.36. The fraction of sp³-hybridized carbons (Fsp3) is 0.800. The molecule has 0 aromatic carbocycles. The number of carbonyl (C=O) groups excluding carboxylic acids is 3. The normalized spacial score (nSPS) is 18.0. The Labute approximate surface area is 130 Å². The number of nitrogens with one attached hydrogen (secondary N) is 1. The standard InChI is InChI=1S/C15H25NO6/c1-4-13(20-11(2)17)21-14(19)16-10-15(22-12(3)18)8-6-5-7-9-15/h13H,4-10H2,1-3H3,(H,16,19). The maximum absolute atomic E-state index is 11.8. The van der Waals surface area contributed by atoms with Crippen LogP contribution in [0.15, 0.2) is 0 Å². The van der Waals surface area contributed by atoms with Crippen molar-refractivity contribution in [3.05, 3.63) is 0 Å². The van der Waals surface area contributed by atoms with E-state index >= 15 is 0 Å². The number of ether oxygens (including phenoxy) is 3. The second kappa shape index (κ2) is 8.60. The maximum Gasteiger partial charge on any atom is 0.410 e. The van der Waals surface area contributed by atoms with Gasteiger partial charge in [0.25, 0.3) is 0 Å². The molecule has 0 radical (unpaired) electrons. The third kappa shape index (κ3) is 6.32. The molecule has 7 nitrogen and oxygen atoms in total. The SMILES string of the molecule is CCC(OC(C)=O)OC(=O)NCC1(OC(C)=O)CCCCC1. The fourth-order valence-electron chi connectivity index (χ4n) is 2.59. The summed E-state index contributed by atoms with van der Waals surface area (Å²) in [6, 6.07) is 0. The molecule has 1 saturated carbocycles. The largest absolute Gasteiger partial charge is 0.457 e. The lowest BCUT2D eigenvalue weighted by Crippen LogP contribution is -2.48. The lowest BCUT2D eigenvalue weighted by Gasteiger charge is -2.36. The van der Waals surface area contributed by atoms with Gasteiger partial charge in [-0.1, -0.05) is 13.3 Å². The van der Waals surface area contributed by atoms with Crippen molar-refractivity contribution >= 4 is 18.0 Å². The molecule has 126 valence electrons. The summed E-state index contributed by atoms with van der Waals surface area (Å²) in [7, 11) is 0. The molecule has 1 N–H and O–H groups in total. The molecule has 1 atom stereocenters. The van der Waals surface area contributed by atoms with Gasteiger partial charge in [0.05, 0.1) is 6.54 Å². The van der Waals surface area contributed by atoms with Crippen molar-refractivity contribution in [3.8, 4) is 0 Å². The van der Waals surface area contributed by atoms with Crippen LogP contribution in [0.1, 0.15) is 59.3 Å². The molecule has 0 aliphatic heterocycles. The van der Waals surface area contributed by atoms with Crippen LogP contribution >= 0.6 is 0 Å². The fourth-order valence-corrected chi connectivity index (χ4v) is 2.59. The van der Waals surface area contributed by atoms with E-state index in [1.165, 1.54) is 13.8 Å². The number of hydrogen-bond acceptors (Lipinski definition) is 6. The first-order valence-electron chi connectivity index (χ1n) is 7.68. The Morgan fingerprint density at radius 2 is 1.68 bits per heavy atom. The van der Waals surface area contributed by atoms with E-state index in [9.17, 15) is 14.4 Å². The summed E-state index contributed by atoms with van der Waals surface area (Å²) in [5, 5.41) is 2.61. The van der Waals surface area contributed by atoms with Crippen LogP contribution in [-0.4, -0.2) is 36.5 Å². The van der Waals surface area contributed by atoms with Crippen molar-refractivity contribution in [1.82, 2.24) is 5.32 Å². The summed E-state index contributed by atoms with van der Waals surface area (Å²) in [6.45, 7) is 4.55. The van der Waals surface area contributed by atoms with Gasteiger partial charge < -0.3 is 19.5 Å². The van der Waals surface area contributed by atoms with Crippen LogP contribution in [0.3, 0.4) is 0 Å². The van der Waals surface area contributed by atoms with E-state index in [-0.39, 0.29) is 12.5 Å². The highest BCUT2D eigenvalue weighted by atomic mass is 16.7. The van der Waals surface area contributed by atoms with Crippen molar-refractivity contribution in [2.75, 3.05) is 6.54 Å². The number of alkyl carbamates (subject to hydrolysis) is 1. The van der Waals surface area contributed by atoms with Gasteiger partial charge in [-0.15, -0.1) is 0 Å². The van der Waals surface area contributed by atoms with E-state index in [1.807, 2.05) is 0 Å². The molecule has 0 aromatic rings. The first-order valence-corrected chi connectivity index (χ1v) is 7.68. The van der Waals surface area contributed by atoms with Gasteiger partial charge in [-0.3, -0.25) is 9.59 Å². The zero-order valence-electron chi connectivity index (χ0n) is 13.5. The van der Waals surface area contributed by atoms with E-state index in [1.54, 1.807) is 6.92 Å². The molecule has 1 fully saturated rings. The predicted molar refractivity (Wildman–Crippen MR) is 77.9 cm³/mol. The van der Waals surface area contributed by atoms with Crippen LogP contribution in [0.2, 0.25) is 0 Å². The summed E-state index contributed by atoms with van der Waals surface area (Å²) in [6.07, 6.45) is 3.20. The molecule has 1 aliphatic carbocycles. The topological polar surface area (TPSA) is 90.9 Å². The van der Waals surface area contributed by atoms with Crippen LogP contribution in [-0.2, 0) is 23.8 Å². The average molecular weight is 315 g/mol. The molecule has 22 heavy (non-hydrogen) atoms. The number of amides is 1. The van der Waals surface area contributed by atoms with Gasteiger partial charge >= 0.3 is 18.0 Å².